The van der Waals surface area contributed by atoms with Crippen LogP contribution >= 0.6 is 0 Å². The Morgan fingerprint density at radius 2 is 1.81 bits per heavy atom. The van der Waals surface area contributed by atoms with Gasteiger partial charge in [-0.15, -0.1) is 0 Å². The molecule has 4 nitrogen and oxygen atoms in total. The van der Waals surface area contributed by atoms with E-state index in [1.54, 1.807) is 14.0 Å². The van der Waals surface area contributed by atoms with E-state index in [0.717, 1.165) is 36.6 Å². The molecule has 4 heteroatoms. The van der Waals surface area contributed by atoms with E-state index in [-0.39, 0.29) is 0 Å². The molecule has 21 heavy (non-hydrogen) atoms. The average molecular weight is 294 g/mol. The molecule has 0 fully saturated rings. The van der Waals surface area contributed by atoms with Crippen LogP contribution in [0.15, 0.2) is 18.2 Å². The molecule has 0 radical (unpaired) electrons. The first-order valence-electron chi connectivity index (χ1n) is 7.61. The summed E-state index contributed by atoms with van der Waals surface area (Å²) in [6.07, 6.45) is -0.551. The molecule has 0 aliphatic heterocycles. The second-order valence-corrected chi connectivity index (χ2v) is 6.21. The topological polar surface area (TPSA) is 35.9 Å². The van der Waals surface area contributed by atoms with Gasteiger partial charge in [-0.05, 0) is 39.1 Å². The zero-order valence-corrected chi connectivity index (χ0v) is 14.3. The molecule has 0 aromatic heterocycles. The fourth-order valence-corrected chi connectivity index (χ4v) is 2.48. The minimum Gasteiger partial charge on any atom is -0.496 e. The van der Waals surface area contributed by atoms with Crippen molar-refractivity contribution in [3.8, 4) is 5.75 Å². The first-order chi connectivity index (χ1) is 9.86. The molecule has 0 heterocycles. The van der Waals surface area contributed by atoms with Crippen LogP contribution in [-0.2, 0) is 0 Å². The van der Waals surface area contributed by atoms with Crippen molar-refractivity contribution in [3.05, 3.63) is 23.8 Å². The second-order valence-electron chi connectivity index (χ2n) is 6.21. The number of methoxy groups -OCH3 is 1. The summed E-state index contributed by atoms with van der Waals surface area (Å²) >= 11 is 0. The smallest absolute Gasteiger partial charge is 0.126 e. The fourth-order valence-electron chi connectivity index (χ4n) is 2.48. The molecular weight excluding hydrogens is 264 g/mol. The summed E-state index contributed by atoms with van der Waals surface area (Å²) < 4.78 is 5.43. The van der Waals surface area contributed by atoms with Gasteiger partial charge in [0.05, 0.1) is 13.2 Å². The van der Waals surface area contributed by atoms with Crippen LogP contribution in [0.25, 0.3) is 0 Å². The third kappa shape index (κ3) is 5.21. The van der Waals surface area contributed by atoms with Gasteiger partial charge in [-0.1, -0.05) is 19.9 Å². The maximum Gasteiger partial charge on any atom is 0.126 e. The van der Waals surface area contributed by atoms with Gasteiger partial charge in [0, 0.05) is 30.9 Å². The Morgan fingerprint density at radius 3 is 2.29 bits per heavy atom. The van der Waals surface area contributed by atoms with Gasteiger partial charge in [-0.3, -0.25) is 0 Å². The lowest BCUT2D eigenvalue weighted by Gasteiger charge is -2.31. The van der Waals surface area contributed by atoms with Crippen LogP contribution in [0.4, 0.5) is 5.69 Å². The highest BCUT2D eigenvalue weighted by Crippen LogP contribution is 2.34. The lowest BCUT2D eigenvalue weighted by molar-refractivity contribution is 0.194. The molecule has 0 amide bonds. The van der Waals surface area contributed by atoms with Crippen LogP contribution in [0, 0.1) is 5.92 Å². The maximum absolute atomic E-state index is 10.2. The molecule has 0 saturated carbocycles. The van der Waals surface area contributed by atoms with E-state index in [0.29, 0.717) is 5.92 Å². The van der Waals surface area contributed by atoms with Gasteiger partial charge in [0.1, 0.15) is 5.75 Å². The number of aliphatic hydroxyl groups excluding tert-OH is 1. The lowest BCUT2D eigenvalue weighted by Crippen LogP contribution is -2.35. The maximum atomic E-state index is 10.2. The van der Waals surface area contributed by atoms with Crippen molar-refractivity contribution in [2.24, 2.45) is 5.92 Å². The number of aliphatic hydroxyl groups is 1. The number of hydrogen-bond donors (Lipinski definition) is 1. The first kappa shape index (κ1) is 17.8. The summed E-state index contributed by atoms with van der Waals surface area (Å²) in [5, 5.41) is 10.2. The second kappa shape index (κ2) is 8.25. The number of nitrogens with zero attached hydrogens (tertiary/aromatic N) is 2. The molecule has 1 rings (SSSR count). The Kier molecular flexibility index (Phi) is 6.99. The Hall–Kier alpha value is -1.26. The molecular formula is C17H30N2O2. The molecule has 0 bridgehead atoms. The minimum absolute atomic E-state index is 0.551. The number of benzene rings is 1. The Morgan fingerprint density at radius 1 is 1.14 bits per heavy atom. The summed E-state index contributed by atoms with van der Waals surface area (Å²) in [5.41, 5.74) is 1.94. The van der Waals surface area contributed by atoms with Gasteiger partial charge < -0.3 is 19.6 Å². The quantitative estimate of drug-likeness (QED) is 0.800. The van der Waals surface area contributed by atoms with Crippen LogP contribution in [0.1, 0.15) is 32.4 Å². The molecule has 120 valence electrons. The Balaban J connectivity index is 3.16. The zero-order chi connectivity index (χ0) is 16.0. The number of anilines is 1. The largest absolute Gasteiger partial charge is 0.496 e. The van der Waals surface area contributed by atoms with Crippen LogP contribution in [-0.4, -0.2) is 50.8 Å². The molecule has 0 aliphatic carbocycles. The van der Waals surface area contributed by atoms with Gasteiger partial charge in [-0.2, -0.15) is 0 Å². The predicted molar refractivity (Wildman–Crippen MR) is 89.2 cm³/mol. The summed E-state index contributed by atoms with van der Waals surface area (Å²) in [7, 11) is 5.81. The monoisotopic (exact) mass is 294 g/mol. The lowest BCUT2D eigenvalue weighted by atomic mass is 10.0. The van der Waals surface area contributed by atoms with Crippen molar-refractivity contribution in [2.45, 2.75) is 26.9 Å². The van der Waals surface area contributed by atoms with E-state index in [1.165, 1.54) is 0 Å². The normalized spacial score (nSPS) is 12.8. The molecule has 0 aliphatic rings. The minimum atomic E-state index is -0.551. The van der Waals surface area contributed by atoms with Gasteiger partial charge in [0.25, 0.3) is 0 Å². The van der Waals surface area contributed by atoms with Crippen molar-refractivity contribution < 1.29 is 9.84 Å². The summed E-state index contributed by atoms with van der Waals surface area (Å²) in [6, 6.07) is 5.97. The Bertz CT molecular complexity index is 431. The van der Waals surface area contributed by atoms with Gasteiger partial charge in [-0.25, -0.2) is 0 Å². The van der Waals surface area contributed by atoms with E-state index < -0.39 is 6.10 Å². The third-order valence-corrected chi connectivity index (χ3v) is 3.42. The number of likely N-dealkylation sites (N-methyl/N-ethyl adjacent to an activating group) is 1. The van der Waals surface area contributed by atoms with Gasteiger partial charge in [0.15, 0.2) is 0 Å². The summed E-state index contributed by atoms with van der Waals surface area (Å²) in [6.45, 7) is 9.08. The van der Waals surface area contributed by atoms with E-state index in [1.807, 2.05) is 12.1 Å². The van der Waals surface area contributed by atoms with Crippen LogP contribution in [0.2, 0.25) is 0 Å². The molecule has 0 spiro atoms. The van der Waals surface area contributed by atoms with E-state index in [2.05, 4.69) is 43.8 Å². The highest BCUT2D eigenvalue weighted by Gasteiger charge is 2.19. The predicted octanol–water partition coefficient (Wildman–Crippen LogP) is 2.77. The van der Waals surface area contributed by atoms with Crippen molar-refractivity contribution >= 4 is 5.69 Å². The number of hydrogen-bond acceptors (Lipinski definition) is 4. The van der Waals surface area contributed by atoms with Gasteiger partial charge in [0.2, 0.25) is 0 Å². The van der Waals surface area contributed by atoms with Crippen molar-refractivity contribution in [2.75, 3.05) is 45.7 Å². The van der Waals surface area contributed by atoms with E-state index in [4.69, 9.17) is 4.74 Å². The standard InChI is InChI=1S/C17H30N2O2/c1-13(2)12-19(11-10-18(4)5)15-8-7-9-16(21-6)17(15)14(3)20/h7-9,13-14,20H,10-12H2,1-6H3. The summed E-state index contributed by atoms with van der Waals surface area (Å²) in [4.78, 5) is 4.52. The van der Waals surface area contributed by atoms with E-state index in [9.17, 15) is 5.11 Å². The van der Waals surface area contributed by atoms with E-state index >= 15 is 0 Å². The molecule has 1 aromatic carbocycles. The van der Waals surface area contributed by atoms with Crippen molar-refractivity contribution in [3.63, 3.8) is 0 Å². The molecule has 1 N–H and O–H groups in total. The van der Waals surface area contributed by atoms with Crippen molar-refractivity contribution in [1.82, 2.24) is 4.90 Å². The van der Waals surface area contributed by atoms with Crippen LogP contribution < -0.4 is 9.64 Å². The molecule has 1 aromatic rings. The van der Waals surface area contributed by atoms with Crippen LogP contribution in [0.5, 0.6) is 5.75 Å². The zero-order valence-electron chi connectivity index (χ0n) is 14.3. The fraction of sp³-hybridized carbons (Fsp3) is 0.647. The van der Waals surface area contributed by atoms with Crippen molar-refractivity contribution in [1.29, 1.82) is 0 Å². The summed E-state index contributed by atoms with van der Waals surface area (Å²) in [5.74, 6) is 1.31. The molecule has 1 unspecified atom stereocenters. The van der Waals surface area contributed by atoms with Crippen LogP contribution in [0.3, 0.4) is 0 Å². The highest BCUT2D eigenvalue weighted by molar-refractivity contribution is 5.60. The number of rotatable bonds is 8. The molecule has 0 saturated heterocycles. The van der Waals surface area contributed by atoms with Gasteiger partial charge >= 0.3 is 0 Å². The highest BCUT2D eigenvalue weighted by atomic mass is 16.5. The SMILES string of the molecule is COc1cccc(N(CCN(C)C)CC(C)C)c1C(C)O. The Labute approximate surface area is 129 Å². The first-order valence-corrected chi connectivity index (χ1v) is 7.61. The average Bonchev–Trinajstić information content (AvgIpc) is 2.41. The third-order valence-electron chi connectivity index (χ3n) is 3.42. The molecule has 1 atom stereocenters. The number of ether oxygens (including phenoxy) is 1.